The van der Waals surface area contributed by atoms with Crippen molar-refractivity contribution in [2.24, 2.45) is 0 Å². The lowest BCUT2D eigenvalue weighted by molar-refractivity contribution is -0.140. The van der Waals surface area contributed by atoms with Crippen molar-refractivity contribution in [1.29, 1.82) is 0 Å². The Morgan fingerprint density at radius 1 is 0.895 bits per heavy atom. The van der Waals surface area contributed by atoms with Gasteiger partial charge in [-0.15, -0.1) is 0 Å². The van der Waals surface area contributed by atoms with Crippen LogP contribution in [0.25, 0.3) is 0 Å². The summed E-state index contributed by atoms with van der Waals surface area (Å²) in [4.78, 5) is 0. The van der Waals surface area contributed by atoms with Gasteiger partial charge in [0.1, 0.15) is 5.82 Å². The van der Waals surface area contributed by atoms with Crippen LogP contribution in [-0.2, 0) is 12.7 Å². The summed E-state index contributed by atoms with van der Waals surface area (Å²) < 4.78 is 51.3. The van der Waals surface area contributed by atoms with Crippen molar-refractivity contribution < 1.29 is 17.6 Å². The zero-order chi connectivity index (χ0) is 13.9. The molecule has 1 nitrogen and oxygen atoms in total. The Morgan fingerprint density at radius 3 is 2.21 bits per heavy atom. The molecule has 5 heteroatoms. The third kappa shape index (κ3) is 3.24. The lowest BCUT2D eigenvalue weighted by Crippen LogP contribution is -2.11. The van der Waals surface area contributed by atoms with Gasteiger partial charge >= 0.3 is 6.18 Å². The van der Waals surface area contributed by atoms with Gasteiger partial charge in [0.25, 0.3) is 0 Å². The molecule has 0 aliphatic carbocycles. The molecule has 0 atom stereocenters. The maximum absolute atomic E-state index is 13.7. The van der Waals surface area contributed by atoms with Crippen LogP contribution in [0, 0.1) is 5.82 Å². The molecule has 0 aliphatic rings. The fraction of sp³-hybridized carbons (Fsp3) is 0.143. The summed E-state index contributed by atoms with van der Waals surface area (Å²) in [6, 6.07) is 12.2. The first-order chi connectivity index (χ1) is 8.98. The SMILES string of the molecule is Fc1c(CNc2ccccc2)cccc1C(F)(F)F. The number of nitrogens with one attached hydrogen (secondary N) is 1. The minimum Gasteiger partial charge on any atom is -0.381 e. The van der Waals surface area contributed by atoms with Gasteiger partial charge in [0.15, 0.2) is 0 Å². The largest absolute Gasteiger partial charge is 0.419 e. The quantitative estimate of drug-likeness (QED) is 0.811. The number of para-hydroxylation sites is 1. The third-order valence-electron chi connectivity index (χ3n) is 2.64. The monoisotopic (exact) mass is 269 g/mol. The first-order valence-electron chi connectivity index (χ1n) is 5.62. The molecule has 0 saturated heterocycles. The lowest BCUT2D eigenvalue weighted by Gasteiger charge is -2.12. The molecule has 1 N–H and O–H groups in total. The third-order valence-corrected chi connectivity index (χ3v) is 2.64. The lowest BCUT2D eigenvalue weighted by atomic mass is 10.1. The van der Waals surface area contributed by atoms with Crippen molar-refractivity contribution in [3.63, 3.8) is 0 Å². The molecular weight excluding hydrogens is 258 g/mol. The first-order valence-corrected chi connectivity index (χ1v) is 5.62. The van der Waals surface area contributed by atoms with Gasteiger partial charge in [-0.05, 0) is 18.2 Å². The minimum atomic E-state index is -4.67. The number of alkyl halides is 3. The van der Waals surface area contributed by atoms with Crippen LogP contribution in [-0.4, -0.2) is 0 Å². The van der Waals surface area contributed by atoms with E-state index in [0.717, 1.165) is 11.8 Å². The summed E-state index contributed by atoms with van der Waals surface area (Å²) >= 11 is 0. The molecular formula is C14H11F4N. The van der Waals surface area contributed by atoms with Gasteiger partial charge < -0.3 is 5.32 Å². The zero-order valence-electron chi connectivity index (χ0n) is 9.84. The van der Waals surface area contributed by atoms with Crippen LogP contribution in [0.1, 0.15) is 11.1 Å². The summed E-state index contributed by atoms with van der Waals surface area (Å²) in [6.45, 7) is -0.000231. The van der Waals surface area contributed by atoms with Crippen LogP contribution in [0.15, 0.2) is 48.5 Å². The highest BCUT2D eigenvalue weighted by molar-refractivity contribution is 5.43. The zero-order valence-corrected chi connectivity index (χ0v) is 9.84. The van der Waals surface area contributed by atoms with Gasteiger partial charge in [0, 0.05) is 17.8 Å². The van der Waals surface area contributed by atoms with E-state index in [4.69, 9.17) is 0 Å². The highest BCUT2D eigenvalue weighted by Crippen LogP contribution is 2.32. The summed E-state index contributed by atoms with van der Waals surface area (Å²) in [5.74, 6) is -1.22. The summed E-state index contributed by atoms with van der Waals surface area (Å²) in [5, 5.41) is 2.87. The Hall–Kier alpha value is -2.04. The number of hydrogen-bond donors (Lipinski definition) is 1. The fourth-order valence-electron chi connectivity index (χ4n) is 1.69. The summed E-state index contributed by atoms with van der Waals surface area (Å²) in [6.07, 6.45) is -4.67. The Morgan fingerprint density at radius 2 is 1.58 bits per heavy atom. The number of rotatable bonds is 3. The van der Waals surface area contributed by atoms with E-state index >= 15 is 0 Å². The predicted molar refractivity (Wildman–Crippen MR) is 65.2 cm³/mol. The molecule has 0 fully saturated rings. The summed E-state index contributed by atoms with van der Waals surface area (Å²) in [5.41, 5.74) is -0.530. The highest BCUT2D eigenvalue weighted by atomic mass is 19.4. The molecule has 2 rings (SSSR count). The normalized spacial score (nSPS) is 11.4. The molecule has 0 amide bonds. The fourth-order valence-corrected chi connectivity index (χ4v) is 1.69. The van der Waals surface area contributed by atoms with E-state index in [0.29, 0.717) is 0 Å². The average Bonchev–Trinajstić information content (AvgIpc) is 2.37. The number of hydrogen-bond acceptors (Lipinski definition) is 1. The van der Waals surface area contributed by atoms with Crippen LogP contribution in [0.3, 0.4) is 0 Å². The van der Waals surface area contributed by atoms with Crippen molar-refractivity contribution in [3.8, 4) is 0 Å². The summed E-state index contributed by atoms with van der Waals surface area (Å²) in [7, 11) is 0. The molecule has 2 aromatic carbocycles. The molecule has 100 valence electrons. The Kier molecular flexibility index (Phi) is 3.74. The van der Waals surface area contributed by atoms with Crippen LogP contribution >= 0.6 is 0 Å². The van der Waals surface area contributed by atoms with Gasteiger partial charge in [-0.2, -0.15) is 13.2 Å². The molecule has 0 spiro atoms. The van der Waals surface area contributed by atoms with E-state index in [1.807, 2.05) is 6.07 Å². The standard InChI is InChI=1S/C14H11F4N/c15-13-10(5-4-8-12(13)14(16,17)18)9-19-11-6-2-1-3-7-11/h1-8,19H,9H2. The Balaban J connectivity index is 2.18. The maximum Gasteiger partial charge on any atom is 0.419 e. The van der Waals surface area contributed by atoms with Crippen LogP contribution in [0.4, 0.5) is 23.2 Å². The van der Waals surface area contributed by atoms with Crippen LogP contribution < -0.4 is 5.32 Å². The van der Waals surface area contributed by atoms with Crippen LogP contribution in [0.2, 0.25) is 0 Å². The van der Waals surface area contributed by atoms with Gasteiger partial charge in [-0.1, -0.05) is 30.3 Å². The smallest absolute Gasteiger partial charge is 0.381 e. The molecule has 0 aromatic heterocycles. The van der Waals surface area contributed by atoms with Crippen molar-refractivity contribution >= 4 is 5.69 Å². The molecule has 0 radical (unpaired) electrons. The van der Waals surface area contributed by atoms with E-state index in [2.05, 4.69) is 5.32 Å². The van der Waals surface area contributed by atoms with E-state index in [9.17, 15) is 17.6 Å². The van der Waals surface area contributed by atoms with E-state index in [-0.39, 0.29) is 12.1 Å². The molecule has 19 heavy (non-hydrogen) atoms. The molecule has 2 aromatic rings. The van der Waals surface area contributed by atoms with Gasteiger partial charge in [0.05, 0.1) is 5.56 Å². The molecule has 0 saturated carbocycles. The second kappa shape index (κ2) is 5.30. The van der Waals surface area contributed by atoms with Crippen molar-refractivity contribution in [3.05, 3.63) is 65.5 Å². The molecule has 0 heterocycles. The molecule has 0 unspecified atom stereocenters. The van der Waals surface area contributed by atoms with E-state index in [1.165, 1.54) is 12.1 Å². The van der Waals surface area contributed by atoms with E-state index in [1.54, 1.807) is 24.3 Å². The Labute approximate surface area is 107 Å². The number of halogens is 4. The van der Waals surface area contributed by atoms with Crippen LogP contribution in [0.5, 0.6) is 0 Å². The Bertz CT molecular complexity index is 549. The number of anilines is 1. The molecule has 0 bridgehead atoms. The topological polar surface area (TPSA) is 12.0 Å². The second-order valence-electron chi connectivity index (χ2n) is 4.00. The van der Waals surface area contributed by atoms with Gasteiger partial charge in [-0.25, -0.2) is 4.39 Å². The average molecular weight is 269 g/mol. The number of benzene rings is 2. The maximum atomic E-state index is 13.7. The molecule has 0 aliphatic heterocycles. The first kappa shape index (κ1) is 13.4. The van der Waals surface area contributed by atoms with Crippen molar-refractivity contribution in [1.82, 2.24) is 0 Å². The van der Waals surface area contributed by atoms with Crippen molar-refractivity contribution in [2.45, 2.75) is 12.7 Å². The predicted octanol–water partition coefficient (Wildman–Crippen LogP) is 4.46. The van der Waals surface area contributed by atoms with Crippen molar-refractivity contribution in [2.75, 3.05) is 5.32 Å². The van der Waals surface area contributed by atoms with Gasteiger partial charge in [0.2, 0.25) is 0 Å². The van der Waals surface area contributed by atoms with Gasteiger partial charge in [-0.3, -0.25) is 0 Å². The second-order valence-corrected chi connectivity index (χ2v) is 4.00. The highest BCUT2D eigenvalue weighted by Gasteiger charge is 2.34. The van der Waals surface area contributed by atoms with E-state index < -0.39 is 17.6 Å². The minimum absolute atomic E-state index is 0.000231.